The molecule has 0 heterocycles. The van der Waals surface area contributed by atoms with Gasteiger partial charge in [-0.05, 0) is 106 Å². The molecule has 0 aromatic carbocycles. The highest BCUT2D eigenvalue weighted by molar-refractivity contribution is 5.34. The lowest BCUT2D eigenvalue weighted by Crippen LogP contribution is -2.53. The summed E-state index contributed by atoms with van der Waals surface area (Å²) in [4.78, 5) is 0. The third-order valence-corrected chi connectivity index (χ3v) is 8.84. The van der Waals surface area contributed by atoms with Gasteiger partial charge >= 0.3 is 0 Å². The van der Waals surface area contributed by atoms with E-state index in [9.17, 15) is 0 Å². The summed E-state index contributed by atoms with van der Waals surface area (Å²) in [6.07, 6.45) is 14.4. The average Bonchev–Trinajstić information content (AvgIpc) is 2.51. The fourth-order valence-electron chi connectivity index (χ4n) is 8.69. The van der Waals surface area contributed by atoms with Crippen LogP contribution in [0.1, 0.15) is 64.7 Å². The summed E-state index contributed by atoms with van der Waals surface area (Å²) < 4.78 is 6.36. The Morgan fingerprint density at radius 1 is 0.696 bits per heavy atom. The molecule has 0 spiro atoms. The Morgan fingerprint density at radius 3 is 1.96 bits per heavy atom. The van der Waals surface area contributed by atoms with Gasteiger partial charge in [0.2, 0.25) is 0 Å². The first-order valence-electron chi connectivity index (χ1n) is 10.7. The van der Waals surface area contributed by atoms with Crippen molar-refractivity contribution in [2.45, 2.75) is 70.8 Å². The van der Waals surface area contributed by atoms with E-state index in [4.69, 9.17) is 4.74 Å². The van der Waals surface area contributed by atoms with Gasteiger partial charge in [0.05, 0.1) is 6.10 Å². The van der Waals surface area contributed by atoms with E-state index in [0.717, 1.165) is 54.0 Å². The lowest BCUT2D eigenvalue weighted by Gasteiger charge is -2.59. The van der Waals surface area contributed by atoms with E-state index in [0.29, 0.717) is 6.10 Å². The van der Waals surface area contributed by atoms with E-state index < -0.39 is 0 Å². The van der Waals surface area contributed by atoms with Crippen molar-refractivity contribution >= 4 is 0 Å². The molecule has 8 fully saturated rings. The van der Waals surface area contributed by atoms with E-state index in [2.05, 4.69) is 6.92 Å². The monoisotopic (exact) mass is 312 g/mol. The van der Waals surface area contributed by atoms with Crippen molar-refractivity contribution < 1.29 is 4.74 Å². The molecule has 0 N–H and O–H groups in total. The van der Waals surface area contributed by atoms with Gasteiger partial charge in [-0.15, -0.1) is 0 Å². The lowest BCUT2D eigenvalue weighted by atomic mass is 9.47. The van der Waals surface area contributed by atoms with E-state index in [1.165, 1.54) is 25.7 Å². The van der Waals surface area contributed by atoms with Crippen LogP contribution in [0, 0.1) is 47.3 Å². The molecule has 8 rings (SSSR count). The smallest absolute Gasteiger partial charge is 0.0668 e. The second-order valence-corrected chi connectivity index (χ2v) is 10.0. The Labute approximate surface area is 141 Å². The Morgan fingerprint density at radius 2 is 1.30 bits per heavy atom. The minimum absolute atomic E-state index is 0.590. The fraction of sp³-hybridized carbons (Fsp3) is 0.909. The van der Waals surface area contributed by atoms with E-state index in [-0.39, 0.29) is 0 Å². The van der Waals surface area contributed by atoms with Crippen LogP contribution in [0.4, 0.5) is 0 Å². The lowest BCUT2D eigenvalue weighted by molar-refractivity contribution is -0.0979. The quantitative estimate of drug-likeness (QED) is 0.636. The number of rotatable bonds is 2. The van der Waals surface area contributed by atoms with Gasteiger partial charge in [0.15, 0.2) is 0 Å². The van der Waals surface area contributed by atoms with Crippen LogP contribution in [0.2, 0.25) is 0 Å². The highest BCUT2D eigenvalue weighted by Gasteiger charge is 2.55. The third-order valence-electron chi connectivity index (χ3n) is 8.84. The second-order valence-electron chi connectivity index (χ2n) is 10.0. The van der Waals surface area contributed by atoms with Crippen LogP contribution in [0.3, 0.4) is 0 Å². The van der Waals surface area contributed by atoms with Crippen molar-refractivity contribution in [1.29, 1.82) is 0 Å². The highest BCUT2D eigenvalue weighted by Crippen LogP contribution is 2.63. The molecule has 8 aliphatic carbocycles. The minimum Gasteiger partial charge on any atom is -0.378 e. The Hall–Kier alpha value is -0.300. The Balaban J connectivity index is 1.43. The first kappa shape index (κ1) is 13.9. The molecule has 8 aliphatic rings. The van der Waals surface area contributed by atoms with Crippen molar-refractivity contribution in [3.63, 3.8) is 0 Å². The molecule has 1 heteroatoms. The van der Waals surface area contributed by atoms with Crippen LogP contribution in [0.15, 0.2) is 11.1 Å². The van der Waals surface area contributed by atoms with Gasteiger partial charge in [-0.2, -0.15) is 0 Å². The number of ether oxygens (including phenoxy) is 1. The molecule has 1 nitrogen and oxygen atoms in total. The van der Waals surface area contributed by atoms with Gasteiger partial charge in [0.25, 0.3) is 0 Å². The minimum atomic E-state index is 0.590. The molecule has 1 unspecified atom stereocenters. The third kappa shape index (κ3) is 1.89. The molecule has 23 heavy (non-hydrogen) atoms. The average molecular weight is 312 g/mol. The van der Waals surface area contributed by atoms with Gasteiger partial charge in [0.1, 0.15) is 0 Å². The van der Waals surface area contributed by atoms with Gasteiger partial charge in [0, 0.05) is 12.5 Å². The Kier molecular flexibility index (Phi) is 2.95. The molecule has 0 radical (unpaired) electrons. The van der Waals surface area contributed by atoms with Crippen LogP contribution < -0.4 is 0 Å². The van der Waals surface area contributed by atoms with E-state index >= 15 is 0 Å². The molecular formula is C22H32O. The normalized spacial score (nSPS) is 56.0. The molecule has 126 valence electrons. The molecule has 5 atom stereocenters. The van der Waals surface area contributed by atoms with Crippen molar-refractivity contribution in [2.24, 2.45) is 47.3 Å². The largest absolute Gasteiger partial charge is 0.378 e. The highest BCUT2D eigenvalue weighted by atomic mass is 16.5. The van der Waals surface area contributed by atoms with Crippen LogP contribution >= 0.6 is 0 Å². The van der Waals surface area contributed by atoms with Gasteiger partial charge in [-0.3, -0.25) is 0 Å². The van der Waals surface area contributed by atoms with Crippen molar-refractivity contribution in [2.75, 3.05) is 6.61 Å². The van der Waals surface area contributed by atoms with Crippen LogP contribution in [0.5, 0.6) is 0 Å². The standard InChI is InChI=1S/C22H32O/c1-2-23-22-18-9-14-8-17(11-18)21(19(22)10-14)20-15-4-12-3-13(6-15)7-16(20)5-12/h12-19,22H,2-11H2,1H3/t12?,13?,14-,15?,16?,17+,18-,19+,22?/m0/s1. The molecule has 0 amide bonds. The summed E-state index contributed by atoms with van der Waals surface area (Å²) in [7, 11) is 0. The van der Waals surface area contributed by atoms with Crippen molar-refractivity contribution in [1.82, 2.24) is 0 Å². The first-order valence-corrected chi connectivity index (χ1v) is 10.7. The number of hydrogen-bond donors (Lipinski definition) is 0. The second kappa shape index (κ2) is 4.87. The van der Waals surface area contributed by atoms with Crippen molar-refractivity contribution in [3.8, 4) is 0 Å². The molecule has 8 saturated carbocycles. The zero-order valence-electron chi connectivity index (χ0n) is 14.7. The van der Waals surface area contributed by atoms with Crippen LogP contribution in [-0.2, 0) is 4.74 Å². The predicted molar refractivity (Wildman–Crippen MR) is 91.9 cm³/mol. The SMILES string of the molecule is CCOC1[C@H]2C[C@@H]3C[C@H](C2)C(=C2C4CC5CC(C4)CC2C5)[C@H]1C3. The maximum atomic E-state index is 6.36. The summed E-state index contributed by atoms with van der Waals surface area (Å²) >= 11 is 0. The Bertz CT molecular complexity index is 516. The molecular weight excluding hydrogens is 280 g/mol. The molecule has 8 bridgehead atoms. The topological polar surface area (TPSA) is 9.23 Å². The van der Waals surface area contributed by atoms with Gasteiger partial charge in [-0.25, -0.2) is 0 Å². The van der Waals surface area contributed by atoms with E-state index in [1.807, 2.05) is 11.1 Å². The zero-order valence-corrected chi connectivity index (χ0v) is 14.7. The first-order chi connectivity index (χ1) is 11.3. The molecule has 0 aliphatic heterocycles. The van der Waals surface area contributed by atoms with Crippen LogP contribution in [-0.4, -0.2) is 12.7 Å². The zero-order chi connectivity index (χ0) is 15.1. The summed E-state index contributed by atoms with van der Waals surface area (Å²) in [6.45, 7) is 3.13. The predicted octanol–water partition coefficient (Wildman–Crippen LogP) is 5.21. The molecule has 0 aromatic heterocycles. The molecule has 0 saturated heterocycles. The van der Waals surface area contributed by atoms with E-state index in [1.54, 1.807) is 32.1 Å². The molecule has 0 aromatic rings. The summed E-state index contributed by atoms with van der Waals surface area (Å²) in [5.41, 5.74) is 4.04. The summed E-state index contributed by atoms with van der Waals surface area (Å²) in [6, 6.07) is 0. The van der Waals surface area contributed by atoms with Gasteiger partial charge < -0.3 is 4.74 Å². The van der Waals surface area contributed by atoms with Crippen molar-refractivity contribution in [3.05, 3.63) is 11.1 Å². The summed E-state index contributed by atoms with van der Waals surface area (Å²) in [5, 5.41) is 0. The number of allylic oxidation sites excluding steroid dienone is 1. The maximum Gasteiger partial charge on any atom is 0.0668 e. The number of hydrogen-bond acceptors (Lipinski definition) is 1. The van der Waals surface area contributed by atoms with Gasteiger partial charge in [-0.1, -0.05) is 11.1 Å². The maximum absolute atomic E-state index is 6.36. The van der Waals surface area contributed by atoms with Crippen LogP contribution in [0.25, 0.3) is 0 Å². The summed E-state index contributed by atoms with van der Waals surface area (Å²) in [5.74, 6) is 7.95. The fourth-order valence-corrected chi connectivity index (χ4v) is 8.69.